The van der Waals surface area contributed by atoms with Crippen LogP contribution in [0.3, 0.4) is 0 Å². The quantitative estimate of drug-likeness (QED) is 0.786. The first kappa shape index (κ1) is 14.9. The van der Waals surface area contributed by atoms with Crippen molar-refractivity contribution in [3.8, 4) is 0 Å². The molecule has 1 aromatic rings. The van der Waals surface area contributed by atoms with E-state index in [0.717, 1.165) is 6.42 Å². The maximum atomic E-state index is 13.9. The van der Waals surface area contributed by atoms with Gasteiger partial charge in [-0.15, -0.1) is 0 Å². The van der Waals surface area contributed by atoms with E-state index in [9.17, 15) is 8.78 Å². The van der Waals surface area contributed by atoms with E-state index in [-0.39, 0.29) is 5.56 Å². The van der Waals surface area contributed by atoms with Crippen LogP contribution in [0.1, 0.15) is 37.7 Å². The Balaban J connectivity index is 2.03. The fourth-order valence-electron chi connectivity index (χ4n) is 3.07. The molecule has 1 aliphatic carbocycles. The minimum absolute atomic E-state index is 0.202. The summed E-state index contributed by atoms with van der Waals surface area (Å²) in [6.45, 7) is 0. The van der Waals surface area contributed by atoms with Crippen LogP contribution in [0.4, 0.5) is 8.78 Å². The Morgan fingerprint density at radius 3 is 2.63 bits per heavy atom. The maximum Gasteiger partial charge on any atom is 0.143 e. The molecule has 0 aliphatic heterocycles. The van der Waals surface area contributed by atoms with E-state index in [4.69, 9.17) is 0 Å². The molecule has 0 spiro atoms. The van der Waals surface area contributed by atoms with Gasteiger partial charge in [-0.05, 0) is 66.7 Å². The molecule has 0 aromatic heterocycles. The molecule has 1 aromatic carbocycles. The molecule has 4 heteroatoms. The molecule has 1 N–H and O–H groups in total. The van der Waals surface area contributed by atoms with Gasteiger partial charge in [0.05, 0.1) is 4.47 Å². The third-order valence-corrected chi connectivity index (χ3v) is 4.80. The zero-order valence-electron chi connectivity index (χ0n) is 11.2. The molecule has 1 fully saturated rings. The van der Waals surface area contributed by atoms with Crippen LogP contribution in [0.15, 0.2) is 16.6 Å². The van der Waals surface area contributed by atoms with E-state index in [1.807, 2.05) is 7.05 Å². The summed E-state index contributed by atoms with van der Waals surface area (Å²) < 4.78 is 27.9. The number of nitrogens with one attached hydrogen (secondary N) is 1. The van der Waals surface area contributed by atoms with E-state index < -0.39 is 11.6 Å². The Hall–Kier alpha value is -0.480. The van der Waals surface area contributed by atoms with Gasteiger partial charge in [-0.1, -0.05) is 12.8 Å². The zero-order chi connectivity index (χ0) is 13.8. The van der Waals surface area contributed by atoms with E-state index >= 15 is 0 Å². The summed E-state index contributed by atoms with van der Waals surface area (Å²) in [4.78, 5) is 0. The Bertz CT molecular complexity index is 430. The van der Waals surface area contributed by atoms with Crippen molar-refractivity contribution in [2.45, 2.75) is 44.6 Å². The van der Waals surface area contributed by atoms with E-state index in [1.165, 1.54) is 37.8 Å². The summed E-state index contributed by atoms with van der Waals surface area (Å²) in [6.07, 6.45) is 6.25. The molecule has 0 amide bonds. The van der Waals surface area contributed by atoms with Gasteiger partial charge in [-0.3, -0.25) is 0 Å². The summed E-state index contributed by atoms with van der Waals surface area (Å²) in [5, 5.41) is 3.31. The van der Waals surface area contributed by atoms with Gasteiger partial charge >= 0.3 is 0 Å². The molecule has 19 heavy (non-hydrogen) atoms. The monoisotopic (exact) mass is 331 g/mol. The predicted molar refractivity (Wildman–Crippen MR) is 77.2 cm³/mol. The molecule has 1 saturated carbocycles. The highest BCUT2D eigenvalue weighted by molar-refractivity contribution is 9.10. The van der Waals surface area contributed by atoms with Crippen molar-refractivity contribution >= 4 is 15.9 Å². The second kappa shape index (κ2) is 6.80. The molecule has 1 aliphatic rings. The third-order valence-electron chi connectivity index (χ3n) is 4.18. The smallest absolute Gasteiger partial charge is 0.143 e. The van der Waals surface area contributed by atoms with Crippen LogP contribution < -0.4 is 5.32 Å². The summed E-state index contributed by atoms with van der Waals surface area (Å²) in [7, 11) is 1.94. The summed E-state index contributed by atoms with van der Waals surface area (Å²) in [5.74, 6) is -0.244. The van der Waals surface area contributed by atoms with Gasteiger partial charge in [0.15, 0.2) is 0 Å². The SMILES string of the molecule is CNC(CCc1c(F)ccc(Br)c1F)C1CCCC1. The highest BCUT2D eigenvalue weighted by Gasteiger charge is 2.24. The average Bonchev–Trinajstić information content (AvgIpc) is 2.92. The van der Waals surface area contributed by atoms with Crippen molar-refractivity contribution in [3.05, 3.63) is 33.8 Å². The van der Waals surface area contributed by atoms with E-state index in [0.29, 0.717) is 22.9 Å². The molecule has 0 saturated heterocycles. The van der Waals surface area contributed by atoms with Crippen molar-refractivity contribution in [1.82, 2.24) is 5.32 Å². The van der Waals surface area contributed by atoms with Gasteiger partial charge < -0.3 is 5.32 Å². The molecular weight excluding hydrogens is 312 g/mol. The first-order valence-corrected chi connectivity index (χ1v) is 7.72. The zero-order valence-corrected chi connectivity index (χ0v) is 12.8. The lowest BCUT2D eigenvalue weighted by molar-refractivity contribution is 0.356. The second-order valence-corrected chi connectivity index (χ2v) is 6.15. The van der Waals surface area contributed by atoms with Crippen molar-refractivity contribution in [3.63, 3.8) is 0 Å². The van der Waals surface area contributed by atoms with Gasteiger partial charge in [0.2, 0.25) is 0 Å². The molecule has 1 atom stereocenters. The van der Waals surface area contributed by atoms with Crippen LogP contribution in [0.25, 0.3) is 0 Å². The average molecular weight is 332 g/mol. The Kier molecular flexibility index (Phi) is 5.34. The lowest BCUT2D eigenvalue weighted by atomic mass is 9.92. The van der Waals surface area contributed by atoms with Gasteiger partial charge in [0, 0.05) is 11.6 Å². The van der Waals surface area contributed by atoms with Crippen molar-refractivity contribution in [2.24, 2.45) is 5.92 Å². The second-order valence-electron chi connectivity index (χ2n) is 5.30. The molecule has 2 rings (SSSR count). The van der Waals surface area contributed by atoms with Crippen LogP contribution in [-0.2, 0) is 6.42 Å². The van der Waals surface area contributed by atoms with Crippen LogP contribution in [-0.4, -0.2) is 13.1 Å². The number of hydrogen-bond acceptors (Lipinski definition) is 1. The third kappa shape index (κ3) is 3.54. The molecule has 106 valence electrons. The maximum absolute atomic E-state index is 13.9. The molecular formula is C15H20BrF2N. The first-order chi connectivity index (χ1) is 9.13. The van der Waals surface area contributed by atoms with E-state index in [1.54, 1.807) is 0 Å². The standard InChI is InChI=1S/C15H20BrF2N/c1-19-14(10-4-2-3-5-10)9-6-11-13(17)8-7-12(16)15(11)18/h7-8,10,14,19H,2-6,9H2,1H3. The number of benzene rings is 1. The lowest BCUT2D eigenvalue weighted by Crippen LogP contribution is -2.32. The van der Waals surface area contributed by atoms with Crippen LogP contribution >= 0.6 is 15.9 Å². The molecule has 0 heterocycles. The number of rotatable bonds is 5. The Morgan fingerprint density at radius 2 is 2.00 bits per heavy atom. The van der Waals surface area contributed by atoms with Crippen LogP contribution in [0.2, 0.25) is 0 Å². The minimum Gasteiger partial charge on any atom is -0.317 e. The van der Waals surface area contributed by atoms with Gasteiger partial charge in [-0.25, -0.2) is 8.78 Å². The molecule has 0 radical (unpaired) electrons. The summed E-state index contributed by atoms with van der Waals surface area (Å²) >= 11 is 3.11. The summed E-state index contributed by atoms with van der Waals surface area (Å²) in [6, 6.07) is 3.10. The Labute approximate surface area is 121 Å². The first-order valence-electron chi connectivity index (χ1n) is 6.93. The van der Waals surface area contributed by atoms with Crippen LogP contribution in [0, 0.1) is 17.6 Å². The highest BCUT2D eigenvalue weighted by atomic mass is 79.9. The molecule has 1 nitrogen and oxygen atoms in total. The predicted octanol–water partition coefficient (Wildman–Crippen LogP) is 4.44. The largest absolute Gasteiger partial charge is 0.317 e. The summed E-state index contributed by atoms with van der Waals surface area (Å²) in [5.41, 5.74) is 0.202. The van der Waals surface area contributed by atoms with Crippen molar-refractivity contribution in [2.75, 3.05) is 7.05 Å². The molecule has 1 unspecified atom stereocenters. The van der Waals surface area contributed by atoms with E-state index in [2.05, 4.69) is 21.2 Å². The van der Waals surface area contributed by atoms with Crippen LogP contribution in [0.5, 0.6) is 0 Å². The normalized spacial score (nSPS) is 17.9. The minimum atomic E-state index is -0.457. The molecule has 0 bridgehead atoms. The lowest BCUT2D eigenvalue weighted by Gasteiger charge is -2.23. The highest BCUT2D eigenvalue weighted by Crippen LogP contribution is 2.30. The van der Waals surface area contributed by atoms with Crippen molar-refractivity contribution < 1.29 is 8.78 Å². The van der Waals surface area contributed by atoms with Crippen molar-refractivity contribution in [1.29, 1.82) is 0 Å². The fraction of sp³-hybridized carbons (Fsp3) is 0.600. The number of halogens is 3. The van der Waals surface area contributed by atoms with Gasteiger partial charge in [0.1, 0.15) is 11.6 Å². The fourth-order valence-corrected chi connectivity index (χ4v) is 3.45. The van der Waals surface area contributed by atoms with Gasteiger partial charge in [-0.2, -0.15) is 0 Å². The topological polar surface area (TPSA) is 12.0 Å². The Morgan fingerprint density at radius 1 is 1.32 bits per heavy atom. The number of hydrogen-bond donors (Lipinski definition) is 1. The van der Waals surface area contributed by atoms with Gasteiger partial charge in [0.25, 0.3) is 0 Å².